The van der Waals surface area contributed by atoms with Gasteiger partial charge in [-0.3, -0.25) is 4.79 Å². The molecule has 1 saturated carbocycles. The van der Waals surface area contributed by atoms with Crippen LogP contribution in [0.3, 0.4) is 0 Å². The summed E-state index contributed by atoms with van der Waals surface area (Å²) in [7, 11) is 0. The van der Waals surface area contributed by atoms with E-state index in [1.165, 1.54) is 6.42 Å². The van der Waals surface area contributed by atoms with Gasteiger partial charge >= 0.3 is 5.97 Å². The molecule has 3 fully saturated rings. The average Bonchev–Trinajstić information content (AvgIpc) is 2.70. The van der Waals surface area contributed by atoms with Crippen molar-refractivity contribution in [2.45, 2.75) is 57.2 Å². The van der Waals surface area contributed by atoms with Gasteiger partial charge in [-0.05, 0) is 51.4 Å². The van der Waals surface area contributed by atoms with Gasteiger partial charge in [0.25, 0.3) is 0 Å². The van der Waals surface area contributed by atoms with Gasteiger partial charge in [-0.2, -0.15) is 0 Å². The van der Waals surface area contributed by atoms with E-state index in [1.807, 2.05) is 6.92 Å². The molecule has 3 unspecified atom stereocenters. The van der Waals surface area contributed by atoms with Crippen LogP contribution in [0, 0.1) is 11.3 Å². The Morgan fingerprint density at radius 2 is 2.06 bits per heavy atom. The molecule has 4 nitrogen and oxygen atoms in total. The Bertz CT molecular complexity index is 350. The highest BCUT2D eigenvalue weighted by Gasteiger charge is 2.57. The smallest absolute Gasteiger partial charge is 0.312 e. The lowest BCUT2D eigenvalue weighted by atomic mass is 9.61. The minimum Gasteiger partial charge on any atom is -0.481 e. The van der Waals surface area contributed by atoms with Gasteiger partial charge in [-0.15, -0.1) is 0 Å². The van der Waals surface area contributed by atoms with Crippen LogP contribution in [0.15, 0.2) is 0 Å². The third-order valence-electron chi connectivity index (χ3n) is 5.49. The van der Waals surface area contributed by atoms with E-state index in [2.05, 4.69) is 0 Å². The van der Waals surface area contributed by atoms with Crippen molar-refractivity contribution in [2.75, 3.05) is 13.2 Å². The monoisotopic (exact) mass is 254 g/mol. The van der Waals surface area contributed by atoms with Gasteiger partial charge in [0.1, 0.15) is 0 Å². The molecule has 0 aromatic carbocycles. The molecule has 2 saturated heterocycles. The molecule has 102 valence electrons. The summed E-state index contributed by atoms with van der Waals surface area (Å²) in [4.78, 5) is 11.8. The number of ether oxygens (including phenoxy) is 2. The first-order chi connectivity index (χ1) is 8.59. The predicted molar refractivity (Wildman–Crippen MR) is 65.4 cm³/mol. The van der Waals surface area contributed by atoms with E-state index in [-0.39, 0.29) is 17.6 Å². The van der Waals surface area contributed by atoms with E-state index in [0.29, 0.717) is 19.6 Å². The van der Waals surface area contributed by atoms with Gasteiger partial charge in [-0.25, -0.2) is 0 Å². The largest absolute Gasteiger partial charge is 0.481 e. The summed E-state index contributed by atoms with van der Waals surface area (Å²) in [5.74, 6) is -0.463. The maximum absolute atomic E-state index is 11.8. The van der Waals surface area contributed by atoms with Crippen molar-refractivity contribution in [3.8, 4) is 0 Å². The second-order valence-corrected chi connectivity index (χ2v) is 6.18. The minimum atomic E-state index is -0.674. The number of hydrogen-bond donors (Lipinski definition) is 1. The molecule has 0 radical (unpaired) electrons. The molecule has 2 aliphatic heterocycles. The molecule has 4 heteroatoms. The van der Waals surface area contributed by atoms with Crippen molar-refractivity contribution in [1.29, 1.82) is 0 Å². The van der Waals surface area contributed by atoms with Crippen LogP contribution in [-0.4, -0.2) is 36.0 Å². The fourth-order valence-electron chi connectivity index (χ4n) is 4.14. The lowest BCUT2D eigenvalue weighted by Gasteiger charge is -2.51. The van der Waals surface area contributed by atoms with Crippen LogP contribution in [0.25, 0.3) is 0 Å². The fraction of sp³-hybridized carbons (Fsp3) is 0.929. The summed E-state index contributed by atoms with van der Waals surface area (Å²) in [6.45, 7) is 3.22. The molecule has 1 spiro atoms. The molecule has 2 heterocycles. The Balaban J connectivity index is 1.84. The van der Waals surface area contributed by atoms with Gasteiger partial charge in [-0.1, -0.05) is 0 Å². The lowest BCUT2D eigenvalue weighted by molar-refractivity contribution is -0.181. The van der Waals surface area contributed by atoms with Gasteiger partial charge in [0, 0.05) is 13.2 Å². The highest BCUT2D eigenvalue weighted by molar-refractivity contribution is 5.76. The molecule has 3 aliphatic rings. The maximum Gasteiger partial charge on any atom is 0.312 e. The Morgan fingerprint density at radius 1 is 1.28 bits per heavy atom. The van der Waals surface area contributed by atoms with Crippen molar-refractivity contribution in [2.24, 2.45) is 11.3 Å². The quantitative estimate of drug-likeness (QED) is 0.821. The van der Waals surface area contributed by atoms with Crippen molar-refractivity contribution in [3.63, 3.8) is 0 Å². The van der Waals surface area contributed by atoms with Crippen molar-refractivity contribution in [3.05, 3.63) is 0 Å². The molecular formula is C14H22O4. The standard InChI is InChI=1S/C14H22O4/c1-10-14(12(15)16,6-8-17-10)11-3-7-18-13(9-11)4-2-5-13/h10-11H,2-9H2,1H3,(H,15,16). The van der Waals surface area contributed by atoms with Crippen LogP contribution in [0.1, 0.15) is 45.4 Å². The molecule has 0 aromatic rings. The third-order valence-corrected chi connectivity index (χ3v) is 5.49. The summed E-state index contributed by atoms with van der Waals surface area (Å²) in [6, 6.07) is 0. The number of carboxylic acids is 1. The summed E-state index contributed by atoms with van der Waals surface area (Å²) in [5, 5.41) is 9.73. The number of aliphatic carboxylic acids is 1. The van der Waals surface area contributed by atoms with Crippen LogP contribution in [0.2, 0.25) is 0 Å². The zero-order valence-corrected chi connectivity index (χ0v) is 11.0. The van der Waals surface area contributed by atoms with Crippen LogP contribution < -0.4 is 0 Å². The summed E-state index contributed by atoms with van der Waals surface area (Å²) < 4.78 is 11.5. The molecule has 3 rings (SSSR count). The van der Waals surface area contributed by atoms with Crippen LogP contribution in [-0.2, 0) is 14.3 Å². The van der Waals surface area contributed by atoms with E-state index >= 15 is 0 Å². The maximum atomic E-state index is 11.8. The van der Waals surface area contributed by atoms with Gasteiger partial charge in [0.2, 0.25) is 0 Å². The molecule has 0 bridgehead atoms. The van der Waals surface area contributed by atoms with Crippen LogP contribution in [0.4, 0.5) is 0 Å². The summed E-state index contributed by atoms with van der Waals surface area (Å²) >= 11 is 0. The SMILES string of the molecule is CC1OCCC1(C(=O)O)C1CCOC2(CCC2)C1. The molecule has 18 heavy (non-hydrogen) atoms. The van der Waals surface area contributed by atoms with E-state index in [0.717, 1.165) is 25.7 Å². The first kappa shape index (κ1) is 12.4. The van der Waals surface area contributed by atoms with Gasteiger partial charge in [0.15, 0.2) is 0 Å². The first-order valence-corrected chi connectivity index (χ1v) is 7.08. The zero-order valence-electron chi connectivity index (χ0n) is 11.0. The van der Waals surface area contributed by atoms with Gasteiger partial charge in [0.05, 0.1) is 17.1 Å². The molecule has 1 N–H and O–H groups in total. The second kappa shape index (κ2) is 4.20. The fourth-order valence-corrected chi connectivity index (χ4v) is 4.14. The first-order valence-electron chi connectivity index (χ1n) is 7.08. The Labute approximate surface area is 108 Å². The van der Waals surface area contributed by atoms with Crippen molar-refractivity contribution in [1.82, 2.24) is 0 Å². The highest BCUT2D eigenvalue weighted by atomic mass is 16.5. The number of rotatable bonds is 2. The number of carbonyl (C=O) groups is 1. The van der Waals surface area contributed by atoms with E-state index in [4.69, 9.17) is 9.47 Å². The topological polar surface area (TPSA) is 55.8 Å². The van der Waals surface area contributed by atoms with Crippen molar-refractivity contribution >= 4 is 5.97 Å². The van der Waals surface area contributed by atoms with Gasteiger partial charge < -0.3 is 14.6 Å². The van der Waals surface area contributed by atoms with E-state index < -0.39 is 11.4 Å². The molecule has 1 aliphatic carbocycles. The van der Waals surface area contributed by atoms with E-state index in [1.54, 1.807) is 0 Å². The molecule has 0 aromatic heterocycles. The average molecular weight is 254 g/mol. The third kappa shape index (κ3) is 1.62. The molecule has 0 amide bonds. The number of carboxylic acid groups (broad SMARTS) is 1. The highest BCUT2D eigenvalue weighted by Crippen LogP contribution is 2.53. The number of hydrogen-bond acceptors (Lipinski definition) is 3. The Kier molecular flexibility index (Phi) is 2.90. The normalized spacial score (nSPS) is 42.7. The lowest BCUT2D eigenvalue weighted by Crippen LogP contribution is -2.53. The molecule has 3 atom stereocenters. The second-order valence-electron chi connectivity index (χ2n) is 6.18. The molecular weight excluding hydrogens is 232 g/mol. The minimum absolute atomic E-state index is 0.00762. The Morgan fingerprint density at radius 3 is 2.56 bits per heavy atom. The summed E-state index contributed by atoms with van der Waals surface area (Å²) in [5.41, 5.74) is -0.667. The van der Waals surface area contributed by atoms with E-state index in [9.17, 15) is 9.90 Å². The van der Waals surface area contributed by atoms with Crippen LogP contribution in [0.5, 0.6) is 0 Å². The zero-order chi connectivity index (χ0) is 12.8. The Hall–Kier alpha value is -0.610. The van der Waals surface area contributed by atoms with Crippen LogP contribution >= 0.6 is 0 Å². The summed E-state index contributed by atoms with van der Waals surface area (Å²) in [6.07, 6.45) is 5.69. The predicted octanol–water partition coefficient (Wildman–Crippen LogP) is 2.22. The van der Waals surface area contributed by atoms with Crippen molar-refractivity contribution < 1.29 is 19.4 Å².